The standard InChI is InChI=1S/C20H21N5O4S/c1-12-4-9-15(16(10-12)25(28)29)22-18(26)11-17-19(27)23-20(30-17)21-13-5-7-14(8-6-13)24(2)3/h4-10,17H,11H2,1-3H3,(H,22,26)(H,21,23,27). The highest BCUT2D eigenvalue weighted by atomic mass is 32.2. The Bertz CT molecular complexity index is 1020. The number of aryl methyl sites for hydroxylation is 1. The van der Waals surface area contributed by atoms with Crippen molar-refractivity contribution in [2.24, 2.45) is 4.99 Å². The van der Waals surface area contributed by atoms with E-state index in [2.05, 4.69) is 15.6 Å². The molecule has 1 saturated heterocycles. The molecule has 2 aromatic carbocycles. The predicted octanol–water partition coefficient (Wildman–Crippen LogP) is 3.22. The summed E-state index contributed by atoms with van der Waals surface area (Å²) in [6.07, 6.45) is -0.125. The monoisotopic (exact) mass is 427 g/mol. The summed E-state index contributed by atoms with van der Waals surface area (Å²) in [5, 5.41) is 16.2. The van der Waals surface area contributed by atoms with Gasteiger partial charge in [-0.25, -0.2) is 4.99 Å². The molecule has 3 rings (SSSR count). The third-order valence-corrected chi connectivity index (χ3v) is 5.45. The third kappa shape index (κ3) is 5.15. The van der Waals surface area contributed by atoms with Crippen LogP contribution in [0.2, 0.25) is 0 Å². The lowest BCUT2D eigenvalue weighted by Gasteiger charge is -2.11. The van der Waals surface area contributed by atoms with E-state index in [9.17, 15) is 19.7 Å². The number of carbonyl (C=O) groups excluding carboxylic acids is 2. The maximum absolute atomic E-state index is 12.4. The van der Waals surface area contributed by atoms with Gasteiger partial charge in [-0.05, 0) is 42.8 Å². The van der Waals surface area contributed by atoms with Crippen molar-refractivity contribution >= 4 is 51.5 Å². The maximum Gasteiger partial charge on any atom is 0.293 e. The molecular weight excluding hydrogens is 406 g/mol. The number of hydrogen-bond acceptors (Lipinski definition) is 7. The van der Waals surface area contributed by atoms with Gasteiger partial charge in [0.1, 0.15) is 10.9 Å². The molecule has 1 aliphatic rings. The van der Waals surface area contributed by atoms with E-state index in [1.807, 2.05) is 43.3 Å². The van der Waals surface area contributed by atoms with Crippen molar-refractivity contribution in [3.05, 3.63) is 58.1 Å². The molecule has 1 unspecified atom stereocenters. The fourth-order valence-electron chi connectivity index (χ4n) is 2.80. The number of hydrogen-bond donors (Lipinski definition) is 2. The van der Waals surface area contributed by atoms with Crippen molar-refractivity contribution in [3.63, 3.8) is 0 Å². The lowest BCUT2D eigenvalue weighted by molar-refractivity contribution is -0.384. The van der Waals surface area contributed by atoms with Gasteiger partial charge < -0.3 is 15.5 Å². The summed E-state index contributed by atoms with van der Waals surface area (Å²) in [7, 11) is 3.88. The highest BCUT2D eigenvalue weighted by Gasteiger charge is 2.32. The van der Waals surface area contributed by atoms with Crippen molar-refractivity contribution in [3.8, 4) is 0 Å². The first-order valence-corrected chi connectivity index (χ1v) is 9.99. The van der Waals surface area contributed by atoms with E-state index in [1.54, 1.807) is 13.0 Å². The van der Waals surface area contributed by atoms with Crippen LogP contribution in [-0.4, -0.2) is 41.3 Å². The number of amides is 2. The van der Waals surface area contributed by atoms with E-state index >= 15 is 0 Å². The molecule has 1 atom stereocenters. The number of amidine groups is 1. The van der Waals surface area contributed by atoms with Crippen LogP contribution in [-0.2, 0) is 9.59 Å². The summed E-state index contributed by atoms with van der Waals surface area (Å²) in [5.41, 5.74) is 2.35. The molecule has 9 nitrogen and oxygen atoms in total. The van der Waals surface area contributed by atoms with E-state index in [-0.39, 0.29) is 23.7 Å². The smallest absolute Gasteiger partial charge is 0.293 e. The van der Waals surface area contributed by atoms with Crippen molar-refractivity contribution in [2.75, 3.05) is 24.3 Å². The van der Waals surface area contributed by atoms with E-state index < -0.39 is 16.1 Å². The van der Waals surface area contributed by atoms with Gasteiger partial charge in [0.15, 0.2) is 5.17 Å². The van der Waals surface area contributed by atoms with Gasteiger partial charge in [-0.2, -0.15) is 0 Å². The zero-order chi connectivity index (χ0) is 21.8. The summed E-state index contributed by atoms with van der Waals surface area (Å²) in [6.45, 7) is 1.73. The van der Waals surface area contributed by atoms with Gasteiger partial charge >= 0.3 is 0 Å². The van der Waals surface area contributed by atoms with Crippen LogP contribution in [0.5, 0.6) is 0 Å². The second-order valence-electron chi connectivity index (χ2n) is 6.95. The highest BCUT2D eigenvalue weighted by molar-refractivity contribution is 8.15. The Morgan fingerprint density at radius 3 is 2.60 bits per heavy atom. The predicted molar refractivity (Wildman–Crippen MR) is 118 cm³/mol. The Labute approximate surface area is 177 Å². The molecule has 2 amide bonds. The largest absolute Gasteiger partial charge is 0.378 e. The molecule has 0 saturated carbocycles. The molecule has 0 spiro atoms. The van der Waals surface area contributed by atoms with Crippen LogP contribution >= 0.6 is 11.8 Å². The first-order valence-electron chi connectivity index (χ1n) is 9.11. The Morgan fingerprint density at radius 1 is 1.27 bits per heavy atom. The van der Waals surface area contributed by atoms with Gasteiger partial charge in [0.25, 0.3) is 5.69 Å². The lowest BCUT2D eigenvalue weighted by atomic mass is 10.2. The summed E-state index contributed by atoms with van der Waals surface area (Å²) < 4.78 is 0. The number of aliphatic imine (C=N–C) groups is 1. The number of thioether (sulfide) groups is 1. The summed E-state index contributed by atoms with van der Waals surface area (Å²) in [6, 6.07) is 12.1. The molecule has 0 radical (unpaired) electrons. The van der Waals surface area contributed by atoms with Gasteiger partial charge in [-0.1, -0.05) is 17.8 Å². The van der Waals surface area contributed by atoms with Crippen LogP contribution in [0.4, 0.5) is 22.7 Å². The average Bonchev–Trinajstić information content (AvgIpc) is 3.02. The Morgan fingerprint density at radius 2 is 1.97 bits per heavy atom. The zero-order valence-corrected chi connectivity index (χ0v) is 17.5. The van der Waals surface area contributed by atoms with E-state index in [4.69, 9.17) is 0 Å². The van der Waals surface area contributed by atoms with Gasteiger partial charge in [0.2, 0.25) is 11.8 Å². The number of nitrogens with zero attached hydrogens (tertiary/aromatic N) is 3. The van der Waals surface area contributed by atoms with Crippen molar-refractivity contribution in [1.29, 1.82) is 0 Å². The third-order valence-electron chi connectivity index (χ3n) is 4.37. The van der Waals surface area contributed by atoms with E-state index in [1.165, 1.54) is 12.1 Å². The lowest BCUT2D eigenvalue weighted by Crippen LogP contribution is -2.28. The Balaban J connectivity index is 1.64. The molecule has 30 heavy (non-hydrogen) atoms. The molecular formula is C20H21N5O4S. The van der Waals surface area contributed by atoms with Crippen molar-refractivity contribution in [2.45, 2.75) is 18.6 Å². The number of nitrogens with one attached hydrogen (secondary N) is 2. The molecule has 1 aliphatic heterocycles. The molecule has 0 bridgehead atoms. The number of anilines is 2. The summed E-state index contributed by atoms with van der Waals surface area (Å²) >= 11 is 1.16. The maximum atomic E-state index is 12.4. The van der Waals surface area contributed by atoms with Crippen LogP contribution in [0.3, 0.4) is 0 Å². The van der Waals surface area contributed by atoms with Crippen LogP contribution < -0.4 is 15.5 Å². The second kappa shape index (κ2) is 8.95. The van der Waals surface area contributed by atoms with Gasteiger partial charge in [-0.3, -0.25) is 19.7 Å². The second-order valence-corrected chi connectivity index (χ2v) is 8.14. The molecule has 0 aliphatic carbocycles. The molecule has 1 fully saturated rings. The molecule has 156 valence electrons. The number of nitro benzene ring substituents is 1. The summed E-state index contributed by atoms with van der Waals surface area (Å²) in [5.74, 6) is -0.802. The minimum atomic E-state index is -0.658. The molecule has 10 heteroatoms. The fourth-order valence-corrected chi connectivity index (χ4v) is 3.79. The molecule has 1 heterocycles. The van der Waals surface area contributed by atoms with E-state index in [0.717, 1.165) is 17.4 Å². The number of rotatable bonds is 6. The number of carbonyl (C=O) groups is 2. The topological polar surface area (TPSA) is 117 Å². The fraction of sp³-hybridized carbons (Fsp3) is 0.250. The van der Waals surface area contributed by atoms with Gasteiger partial charge in [-0.15, -0.1) is 0 Å². The Kier molecular flexibility index (Phi) is 6.36. The number of benzene rings is 2. The first kappa shape index (κ1) is 21.3. The zero-order valence-electron chi connectivity index (χ0n) is 16.7. The molecule has 0 aromatic heterocycles. The van der Waals surface area contributed by atoms with Crippen LogP contribution in [0, 0.1) is 17.0 Å². The molecule has 2 N–H and O–H groups in total. The minimum absolute atomic E-state index is 0.105. The van der Waals surface area contributed by atoms with Gasteiger partial charge in [0, 0.05) is 32.3 Å². The molecule has 2 aromatic rings. The normalized spacial score (nSPS) is 17.0. The SMILES string of the molecule is Cc1ccc(NC(=O)CC2SC(=Nc3ccc(N(C)C)cc3)NC2=O)c([N+](=O)[O-])c1. The minimum Gasteiger partial charge on any atom is -0.378 e. The highest BCUT2D eigenvalue weighted by Crippen LogP contribution is 2.28. The van der Waals surface area contributed by atoms with Crippen LogP contribution in [0.15, 0.2) is 47.5 Å². The Hall–Kier alpha value is -3.40. The first-order chi connectivity index (χ1) is 14.2. The van der Waals surface area contributed by atoms with Crippen molar-refractivity contribution in [1.82, 2.24) is 5.32 Å². The van der Waals surface area contributed by atoms with Gasteiger partial charge in [0.05, 0.1) is 10.6 Å². The van der Waals surface area contributed by atoms with Crippen molar-refractivity contribution < 1.29 is 14.5 Å². The quantitative estimate of drug-likeness (QED) is 0.540. The summed E-state index contributed by atoms with van der Waals surface area (Å²) in [4.78, 5) is 41.6. The van der Waals surface area contributed by atoms with Crippen LogP contribution in [0.1, 0.15) is 12.0 Å². The van der Waals surface area contributed by atoms with E-state index in [0.29, 0.717) is 16.4 Å². The average molecular weight is 427 g/mol. The van der Waals surface area contributed by atoms with Crippen LogP contribution in [0.25, 0.3) is 0 Å². The number of nitro groups is 1.